The molecule has 8 heteroatoms. The number of nitro groups is 1. The summed E-state index contributed by atoms with van der Waals surface area (Å²) >= 11 is 0. The fourth-order valence-corrected chi connectivity index (χ4v) is 0.882. The molecule has 1 N–H and O–H groups in total. The van der Waals surface area contributed by atoms with Gasteiger partial charge in [0.1, 0.15) is 5.75 Å². The Balaban J connectivity index is 2.54. The first-order valence-electron chi connectivity index (χ1n) is 4.30. The van der Waals surface area contributed by atoms with Crippen molar-refractivity contribution in [2.24, 2.45) is 0 Å². The Labute approximate surface area is 94.5 Å². The van der Waals surface area contributed by atoms with Gasteiger partial charge in [-0.3, -0.25) is 10.1 Å². The number of carbonyl (C=O) groups excluding carboxylic acids is 1. The standard InChI is InChI=1S/C9H7NO7/c11-8(12)5-16-9(13)17-7-3-1-6(2-4-7)10(14)15/h1-4H,5H2,(H,11,12). The lowest BCUT2D eigenvalue weighted by atomic mass is 10.3. The van der Waals surface area contributed by atoms with E-state index in [4.69, 9.17) is 5.11 Å². The molecule has 8 nitrogen and oxygen atoms in total. The number of aliphatic carboxylic acids is 1. The number of carboxylic acids is 1. The lowest BCUT2D eigenvalue weighted by Crippen LogP contribution is -2.16. The number of rotatable bonds is 4. The minimum atomic E-state index is -1.31. The highest BCUT2D eigenvalue weighted by Gasteiger charge is 2.10. The first kappa shape index (κ1) is 12.4. The lowest BCUT2D eigenvalue weighted by molar-refractivity contribution is -0.384. The summed E-state index contributed by atoms with van der Waals surface area (Å²) in [5.74, 6) is -1.29. The number of hydrogen-bond donors (Lipinski definition) is 1. The van der Waals surface area contributed by atoms with Crippen LogP contribution in [0.5, 0.6) is 5.75 Å². The van der Waals surface area contributed by atoms with E-state index in [9.17, 15) is 19.7 Å². The molecule has 0 amide bonds. The third-order valence-electron chi connectivity index (χ3n) is 1.56. The molecule has 0 aliphatic carbocycles. The summed E-state index contributed by atoms with van der Waals surface area (Å²) in [6, 6.07) is 4.67. The van der Waals surface area contributed by atoms with Crippen LogP contribution in [0.15, 0.2) is 24.3 Å². The number of benzene rings is 1. The van der Waals surface area contributed by atoms with Crippen LogP contribution >= 0.6 is 0 Å². The van der Waals surface area contributed by atoms with Gasteiger partial charge >= 0.3 is 12.1 Å². The number of nitrogens with zero attached hydrogens (tertiary/aromatic N) is 1. The molecule has 0 spiro atoms. The maximum absolute atomic E-state index is 10.9. The van der Waals surface area contributed by atoms with E-state index >= 15 is 0 Å². The summed E-state index contributed by atoms with van der Waals surface area (Å²) in [6.45, 7) is -0.814. The zero-order valence-corrected chi connectivity index (χ0v) is 8.36. The van der Waals surface area contributed by atoms with Gasteiger partial charge in [-0.05, 0) is 12.1 Å². The maximum Gasteiger partial charge on any atom is 0.514 e. The highest BCUT2D eigenvalue weighted by Crippen LogP contribution is 2.17. The van der Waals surface area contributed by atoms with Crippen molar-refractivity contribution < 1.29 is 29.1 Å². The molecule has 1 aromatic carbocycles. The normalized spacial score (nSPS) is 9.41. The lowest BCUT2D eigenvalue weighted by Gasteiger charge is -2.03. The number of non-ortho nitro benzene ring substituents is 1. The van der Waals surface area contributed by atoms with Crippen molar-refractivity contribution >= 4 is 17.8 Å². The third kappa shape index (κ3) is 4.16. The quantitative estimate of drug-likeness (QED) is 0.364. The van der Waals surface area contributed by atoms with Crippen LogP contribution in [0.1, 0.15) is 0 Å². The fourth-order valence-electron chi connectivity index (χ4n) is 0.882. The highest BCUT2D eigenvalue weighted by molar-refractivity contribution is 5.72. The summed E-state index contributed by atoms with van der Waals surface area (Å²) in [4.78, 5) is 30.7. The van der Waals surface area contributed by atoms with E-state index in [1.54, 1.807) is 0 Å². The largest absolute Gasteiger partial charge is 0.514 e. The molecule has 0 atom stereocenters. The van der Waals surface area contributed by atoms with Crippen LogP contribution in [0.3, 0.4) is 0 Å². The fraction of sp³-hybridized carbons (Fsp3) is 0.111. The van der Waals surface area contributed by atoms with Crippen molar-refractivity contribution in [1.82, 2.24) is 0 Å². The van der Waals surface area contributed by atoms with Gasteiger partial charge in [-0.25, -0.2) is 9.59 Å². The molecule has 0 radical (unpaired) electrons. The van der Waals surface area contributed by atoms with Crippen molar-refractivity contribution in [2.75, 3.05) is 6.61 Å². The number of hydrogen-bond acceptors (Lipinski definition) is 6. The number of carbonyl (C=O) groups is 2. The first-order chi connectivity index (χ1) is 7.99. The molecule has 0 aliphatic heterocycles. The molecular formula is C9H7NO7. The molecule has 90 valence electrons. The predicted molar refractivity (Wildman–Crippen MR) is 52.7 cm³/mol. The summed E-state index contributed by atoms with van der Waals surface area (Å²) in [5.41, 5.74) is -0.156. The minimum Gasteiger partial charge on any atom is -0.479 e. The molecule has 0 saturated carbocycles. The van der Waals surface area contributed by atoms with Gasteiger partial charge < -0.3 is 14.6 Å². The van der Waals surface area contributed by atoms with E-state index in [0.717, 1.165) is 12.1 Å². The molecule has 0 bridgehead atoms. The Morgan fingerprint density at radius 2 is 1.88 bits per heavy atom. The zero-order valence-electron chi connectivity index (χ0n) is 8.36. The van der Waals surface area contributed by atoms with E-state index in [1.165, 1.54) is 12.1 Å². The second-order valence-corrected chi connectivity index (χ2v) is 2.79. The average Bonchev–Trinajstić information content (AvgIpc) is 2.27. The predicted octanol–water partition coefficient (Wildman–Crippen LogP) is 1.19. The van der Waals surface area contributed by atoms with Gasteiger partial charge in [0.15, 0.2) is 6.61 Å². The SMILES string of the molecule is O=C(O)COC(=O)Oc1ccc([N+](=O)[O-])cc1. The zero-order chi connectivity index (χ0) is 12.8. The molecule has 1 aromatic rings. The third-order valence-corrected chi connectivity index (χ3v) is 1.56. The van der Waals surface area contributed by atoms with Crippen molar-refractivity contribution in [3.63, 3.8) is 0 Å². The Kier molecular flexibility index (Phi) is 3.98. The number of nitro benzene ring substituents is 1. The van der Waals surface area contributed by atoms with Crippen LogP contribution in [0.2, 0.25) is 0 Å². The Morgan fingerprint density at radius 3 is 2.35 bits per heavy atom. The van der Waals surface area contributed by atoms with Crippen molar-refractivity contribution in [3.05, 3.63) is 34.4 Å². The minimum absolute atomic E-state index is 0.0194. The Morgan fingerprint density at radius 1 is 1.29 bits per heavy atom. The van der Waals surface area contributed by atoms with Gasteiger partial charge in [0, 0.05) is 12.1 Å². The Bertz CT molecular complexity index is 439. The van der Waals surface area contributed by atoms with E-state index in [2.05, 4.69) is 9.47 Å². The molecule has 0 aromatic heterocycles. The summed E-state index contributed by atoms with van der Waals surface area (Å²) in [5, 5.41) is 18.5. The van der Waals surface area contributed by atoms with Crippen LogP contribution in [0, 0.1) is 10.1 Å². The Hall–Kier alpha value is -2.64. The topological polar surface area (TPSA) is 116 Å². The molecule has 0 unspecified atom stereocenters. The molecule has 1 rings (SSSR count). The average molecular weight is 241 g/mol. The molecule has 0 aliphatic rings. The molecular weight excluding hydrogens is 234 g/mol. The summed E-state index contributed by atoms with van der Waals surface area (Å²) in [7, 11) is 0. The highest BCUT2D eigenvalue weighted by atomic mass is 16.7. The van der Waals surface area contributed by atoms with Crippen LogP contribution in [-0.4, -0.2) is 28.8 Å². The van der Waals surface area contributed by atoms with Gasteiger partial charge in [0.2, 0.25) is 0 Å². The van der Waals surface area contributed by atoms with E-state index in [-0.39, 0.29) is 11.4 Å². The van der Waals surface area contributed by atoms with Crippen LogP contribution < -0.4 is 4.74 Å². The summed E-state index contributed by atoms with van der Waals surface area (Å²) in [6.07, 6.45) is -1.19. The summed E-state index contributed by atoms with van der Waals surface area (Å²) < 4.78 is 8.74. The van der Waals surface area contributed by atoms with Crippen molar-refractivity contribution in [2.45, 2.75) is 0 Å². The number of carboxylic acid groups (broad SMARTS) is 1. The molecule has 0 heterocycles. The van der Waals surface area contributed by atoms with E-state index in [1.807, 2.05) is 0 Å². The van der Waals surface area contributed by atoms with E-state index in [0.29, 0.717) is 0 Å². The second-order valence-electron chi connectivity index (χ2n) is 2.79. The van der Waals surface area contributed by atoms with Gasteiger partial charge in [-0.2, -0.15) is 0 Å². The van der Waals surface area contributed by atoms with Gasteiger partial charge in [0.25, 0.3) is 5.69 Å². The first-order valence-corrected chi connectivity index (χ1v) is 4.30. The maximum atomic E-state index is 10.9. The molecule has 0 saturated heterocycles. The van der Waals surface area contributed by atoms with Crippen molar-refractivity contribution in [3.8, 4) is 5.75 Å². The van der Waals surface area contributed by atoms with Crippen molar-refractivity contribution in [1.29, 1.82) is 0 Å². The van der Waals surface area contributed by atoms with Crippen LogP contribution in [-0.2, 0) is 9.53 Å². The second kappa shape index (κ2) is 5.45. The number of ether oxygens (including phenoxy) is 2. The van der Waals surface area contributed by atoms with Crippen LogP contribution in [0.25, 0.3) is 0 Å². The monoisotopic (exact) mass is 241 g/mol. The van der Waals surface area contributed by atoms with Gasteiger partial charge in [0.05, 0.1) is 4.92 Å². The van der Waals surface area contributed by atoms with Crippen LogP contribution in [0.4, 0.5) is 10.5 Å². The van der Waals surface area contributed by atoms with E-state index < -0.39 is 23.7 Å². The van der Waals surface area contributed by atoms with Gasteiger partial charge in [-0.15, -0.1) is 0 Å². The van der Waals surface area contributed by atoms with Gasteiger partial charge in [-0.1, -0.05) is 0 Å². The molecule has 0 fully saturated rings. The smallest absolute Gasteiger partial charge is 0.479 e. The molecule has 17 heavy (non-hydrogen) atoms.